The summed E-state index contributed by atoms with van der Waals surface area (Å²) in [7, 11) is -3.87. The second-order valence-electron chi connectivity index (χ2n) is 7.07. The number of aromatic nitrogens is 2. The summed E-state index contributed by atoms with van der Waals surface area (Å²) in [5, 5.41) is 6.71. The lowest BCUT2D eigenvalue weighted by Gasteiger charge is -2.26. The Labute approximate surface area is 174 Å². The highest BCUT2D eigenvalue weighted by Crippen LogP contribution is 2.30. The van der Waals surface area contributed by atoms with Crippen LogP contribution < -0.4 is 4.72 Å². The van der Waals surface area contributed by atoms with Crippen molar-refractivity contribution in [3.05, 3.63) is 53.4 Å². The molecule has 1 saturated heterocycles. The van der Waals surface area contributed by atoms with Gasteiger partial charge in [0.25, 0.3) is 15.9 Å². The number of H-pyrrole nitrogens is 1. The third-order valence-electron chi connectivity index (χ3n) is 4.88. The summed E-state index contributed by atoms with van der Waals surface area (Å²) in [6.07, 6.45) is 1.42. The van der Waals surface area contributed by atoms with Gasteiger partial charge in [0, 0.05) is 24.8 Å². The van der Waals surface area contributed by atoms with E-state index in [1.54, 1.807) is 24.0 Å². The summed E-state index contributed by atoms with van der Waals surface area (Å²) >= 11 is 0. The van der Waals surface area contributed by atoms with E-state index < -0.39 is 10.0 Å². The minimum absolute atomic E-state index is 0.00236. The van der Waals surface area contributed by atoms with E-state index >= 15 is 0 Å². The molecule has 9 nitrogen and oxygen atoms in total. The molecule has 0 bridgehead atoms. The normalized spacial score (nSPS) is 14.7. The molecule has 1 amide bonds. The van der Waals surface area contributed by atoms with Crippen molar-refractivity contribution < 1.29 is 22.4 Å². The van der Waals surface area contributed by atoms with Gasteiger partial charge in [-0.2, -0.15) is 5.10 Å². The maximum absolute atomic E-state index is 12.9. The van der Waals surface area contributed by atoms with E-state index in [1.807, 2.05) is 19.1 Å². The van der Waals surface area contributed by atoms with Crippen LogP contribution in [0.25, 0.3) is 11.5 Å². The Bertz CT molecular complexity index is 1160. The number of hydrogen-bond acceptors (Lipinski definition) is 6. The molecule has 158 valence electrons. The number of furan rings is 1. The first-order valence-electron chi connectivity index (χ1n) is 9.46. The van der Waals surface area contributed by atoms with Crippen LogP contribution in [-0.4, -0.2) is 55.7 Å². The predicted octanol–water partition coefficient (Wildman–Crippen LogP) is 2.56. The van der Waals surface area contributed by atoms with Crippen LogP contribution in [-0.2, 0) is 14.8 Å². The number of nitrogens with zero attached hydrogens (tertiary/aromatic N) is 2. The van der Waals surface area contributed by atoms with Crippen molar-refractivity contribution in [3.8, 4) is 11.5 Å². The first kappa shape index (κ1) is 20.2. The predicted molar refractivity (Wildman–Crippen MR) is 110 cm³/mol. The Balaban J connectivity index is 1.62. The molecular weight excluding hydrogens is 408 g/mol. The molecule has 0 radical (unpaired) electrons. The number of sulfonamides is 1. The minimum Gasteiger partial charge on any atom is -0.458 e. The van der Waals surface area contributed by atoms with Gasteiger partial charge in [-0.25, -0.2) is 8.42 Å². The number of aromatic amines is 1. The number of morpholine rings is 1. The van der Waals surface area contributed by atoms with Gasteiger partial charge >= 0.3 is 0 Å². The van der Waals surface area contributed by atoms with Gasteiger partial charge in [-0.3, -0.25) is 14.6 Å². The van der Waals surface area contributed by atoms with Crippen LogP contribution in [0.5, 0.6) is 0 Å². The standard InChI is InChI=1S/C20H22N4O5S/c1-13-3-5-15(6-4-13)23-30(26,27)18-11-17(29-14(18)2)19-16(12-21-22-19)20(25)24-7-9-28-10-8-24/h3-6,11-12,23H,7-10H2,1-2H3,(H,21,22). The number of aryl methyl sites for hydroxylation is 2. The van der Waals surface area contributed by atoms with E-state index in [1.165, 1.54) is 12.3 Å². The van der Waals surface area contributed by atoms with Crippen LogP contribution in [0, 0.1) is 13.8 Å². The lowest BCUT2D eigenvalue weighted by molar-refractivity contribution is 0.0303. The van der Waals surface area contributed by atoms with Gasteiger partial charge in [0.2, 0.25) is 0 Å². The molecule has 0 aliphatic carbocycles. The number of carbonyl (C=O) groups is 1. The number of rotatable bonds is 5. The first-order chi connectivity index (χ1) is 14.3. The Kier molecular flexibility index (Phi) is 5.35. The molecule has 2 N–H and O–H groups in total. The molecule has 3 aromatic rings. The third kappa shape index (κ3) is 3.96. The molecule has 4 rings (SSSR count). The Morgan fingerprint density at radius 2 is 1.87 bits per heavy atom. The summed E-state index contributed by atoms with van der Waals surface area (Å²) in [5.41, 5.74) is 2.14. The van der Waals surface area contributed by atoms with Gasteiger partial charge in [0.1, 0.15) is 16.3 Å². The van der Waals surface area contributed by atoms with Crippen LogP contribution in [0.3, 0.4) is 0 Å². The van der Waals surface area contributed by atoms with Gasteiger partial charge < -0.3 is 14.1 Å². The van der Waals surface area contributed by atoms with Gasteiger partial charge in [0.05, 0.1) is 25.0 Å². The number of carbonyl (C=O) groups excluding carboxylic acids is 1. The summed E-state index contributed by atoms with van der Waals surface area (Å²) in [4.78, 5) is 14.5. The molecule has 1 aromatic carbocycles. The Morgan fingerprint density at radius 3 is 2.57 bits per heavy atom. The molecular formula is C20H22N4O5S. The first-order valence-corrected chi connectivity index (χ1v) is 10.9. The third-order valence-corrected chi connectivity index (χ3v) is 6.37. The molecule has 1 aliphatic rings. The van der Waals surface area contributed by atoms with E-state index in [4.69, 9.17) is 9.15 Å². The molecule has 10 heteroatoms. The van der Waals surface area contributed by atoms with Crippen LogP contribution in [0.4, 0.5) is 5.69 Å². The quantitative estimate of drug-likeness (QED) is 0.642. The summed E-state index contributed by atoms with van der Waals surface area (Å²) in [6, 6.07) is 8.42. The average molecular weight is 430 g/mol. The minimum atomic E-state index is -3.87. The number of benzene rings is 1. The van der Waals surface area contributed by atoms with Crippen molar-refractivity contribution in [1.82, 2.24) is 15.1 Å². The maximum atomic E-state index is 12.9. The van der Waals surface area contributed by atoms with E-state index in [0.29, 0.717) is 43.2 Å². The van der Waals surface area contributed by atoms with Crippen LogP contribution in [0.2, 0.25) is 0 Å². The SMILES string of the molecule is Cc1ccc(NS(=O)(=O)c2cc(-c3[nH]ncc3C(=O)N3CCOCC3)oc2C)cc1. The number of ether oxygens (including phenoxy) is 1. The van der Waals surface area contributed by atoms with Crippen molar-refractivity contribution in [2.24, 2.45) is 0 Å². The molecule has 0 spiro atoms. The molecule has 0 saturated carbocycles. The lowest BCUT2D eigenvalue weighted by Crippen LogP contribution is -2.40. The van der Waals surface area contributed by atoms with Crippen molar-refractivity contribution in [2.45, 2.75) is 18.7 Å². The van der Waals surface area contributed by atoms with Gasteiger partial charge in [-0.15, -0.1) is 0 Å². The molecule has 1 aliphatic heterocycles. The summed E-state index contributed by atoms with van der Waals surface area (Å²) in [6.45, 7) is 5.41. The zero-order chi connectivity index (χ0) is 21.3. The van der Waals surface area contributed by atoms with Crippen molar-refractivity contribution in [1.29, 1.82) is 0 Å². The highest BCUT2D eigenvalue weighted by atomic mass is 32.2. The molecule has 3 heterocycles. The largest absolute Gasteiger partial charge is 0.458 e. The van der Waals surface area contributed by atoms with Crippen molar-refractivity contribution in [3.63, 3.8) is 0 Å². The molecule has 30 heavy (non-hydrogen) atoms. The van der Waals surface area contributed by atoms with Crippen LogP contribution >= 0.6 is 0 Å². The monoisotopic (exact) mass is 430 g/mol. The number of anilines is 1. The zero-order valence-corrected chi connectivity index (χ0v) is 17.5. The maximum Gasteiger partial charge on any atom is 0.265 e. The zero-order valence-electron chi connectivity index (χ0n) is 16.6. The smallest absolute Gasteiger partial charge is 0.265 e. The molecule has 1 fully saturated rings. The fourth-order valence-corrected chi connectivity index (χ4v) is 4.50. The average Bonchev–Trinajstić information content (AvgIpc) is 3.36. The number of nitrogens with one attached hydrogen (secondary N) is 2. The Hall–Kier alpha value is -3.11. The van der Waals surface area contributed by atoms with Crippen LogP contribution in [0.15, 0.2) is 45.8 Å². The second-order valence-corrected chi connectivity index (χ2v) is 8.72. The van der Waals surface area contributed by atoms with Crippen molar-refractivity contribution >= 4 is 21.6 Å². The lowest BCUT2D eigenvalue weighted by atomic mass is 10.2. The summed E-state index contributed by atoms with van der Waals surface area (Å²) in [5.74, 6) is 0.230. The van der Waals surface area contributed by atoms with Crippen molar-refractivity contribution in [2.75, 3.05) is 31.0 Å². The van der Waals surface area contributed by atoms with E-state index in [2.05, 4.69) is 14.9 Å². The van der Waals surface area contributed by atoms with E-state index in [9.17, 15) is 13.2 Å². The van der Waals surface area contributed by atoms with Crippen LogP contribution in [0.1, 0.15) is 21.7 Å². The van der Waals surface area contributed by atoms with Gasteiger partial charge in [-0.1, -0.05) is 17.7 Å². The fourth-order valence-electron chi connectivity index (χ4n) is 3.26. The summed E-state index contributed by atoms with van der Waals surface area (Å²) < 4.78 is 39.3. The van der Waals surface area contributed by atoms with Gasteiger partial charge in [0.15, 0.2) is 5.76 Å². The number of amides is 1. The number of hydrogen-bond donors (Lipinski definition) is 2. The Morgan fingerprint density at radius 1 is 1.17 bits per heavy atom. The molecule has 0 unspecified atom stereocenters. The molecule has 2 aromatic heterocycles. The topological polar surface area (TPSA) is 118 Å². The second kappa shape index (κ2) is 7.96. The highest BCUT2D eigenvalue weighted by molar-refractivity contribution is 7.92. The fraction of sp³-hybridized carbons (Fsp3) is 0.300. The van der Waals surface area contributed by atoms with Gasteiger partial charge in [-0.05, 0) is 26.0 Å². The highest BCUT2D eigenvalue weighted by Gasteiger charge is 2.27. The molecule has 0 atom stereocenters. The van der Waals surface area contributed by atoms with E-state index in [-0.39, 0.29) is 22.3 Å². The van der Waals surface area contributed by atoms with E-state index in [0.717, 1.165) is 5.56 Å².